The van der Waals surface area contributed by atoms with E-state index in [9.17, 15) is 9.59 Å². The summed E-state index contributed by atoms with van der Waals surface area (Å²) in [5.41, 5.74) is 4.33. The maximum Gasteiger partial charge on any atom is 0.412 e. The van der Waals surface area contributed by atoms with Gasteiger partial charge in [0.2, 0.25) is 5.91 Å². The van der Waals surface area contributed by atoms with Crippen LogP contribution in [0.25, 0.3) is 0 Å². The Hall–Kier alpha value is -1.30. The number of nitrogens with zero attached hydrogens (tertiary/aromatic N) is 1. The van der Waals surface area contributed by atoms with Crippen molar-refractivity contribution >= 4 is 12.0 Å². The average molecular weight is 411 g/mol. The van der Waals surface area contributed by atoms with Gasteiger partial charge >= 0.3 is 6.09 Å². The van der Waals surface area contributed by atoms with Gasteiger partial charge < -0.3 is 15.2 Å². The highest BCUT2D eigenvalue weighted by Gasteiger charge is 2.52. The predicted molar refractivity (Wildman–Crippen MR) is 114 cm³/mol. The molecular weight excluding hydrogens is 368 g/mol. The van der Waals surface area contributed by atoms with Crippen LogP contribution in [0, 0.1) is 17.8 Å². The first-order valence-corrected chi connectivity index (χ1v) is 11.3. The third-order valence-electron chi connectivity index (χ3n) is 6.33. The molecule has 1 saturated heterocycles. The zero-order valence-corrected chi connectivity index (χ0v) is 19.5. The molecule has 2 aliphatic rings. The van der Waals surface area contributed by atoms with Gasteiger partial charge in [-0.3, -0.25) is 9.69 Å². The minimum atomic E-state index is -0.786. The van der Waals surface area contributed by atoms with Crippen LogP contribution in [0.15, 0.2) is 0 Å². The Morgan fingerprint density at radius 2 is 1.76 bits per heavy atom. The lowest BCUT2D eigenvalue weighted by Gasteiger charge is -2.37. The molecule has 2 fully saturated rings. The molecule has 6 nitrogen and oxygen atoms in total. The van der Waals surface area contributed by atoms with Crippen molar-refractivity contribution in [3.05, 3.63) is 0 Å². The Bertz CT molecular complexity index is 576. The number of carbonyl (C=O) groups is 2. The van der Waals surface area contributed by atoms with E-state index in [-0.39, 0.29) is 36.0 Å². The van der Waals surface area contributed by atoms with Crippen LogP contribution in [0.2, 0.25) is 0 Å². The van der Waals surface area contributed by atoms with Gasteiger partial charge in [0.25, 0.3) is 0 Å². The standard InChI is InChI=1S/C23H42N2O4/c1-15(2)17(20(24)26)14-19-18(13-16-11-9-8-10-12-16)25(23(6,7)28-19)21(27)29-22(3,4)5/h15-19H,8-14H2,1-7H3,(H2,24,26)/t17-,18-,19-/m0/s1. The molecule has 0 spiro atoms. The van der Waals surface area contributed by atoms with E-state index in [2.05, 4.69) is 0 Å². The monoisotopic (exact) mass is 410 g/mol. The average Bonchev–Trinajstić information content (AvgIpc) is 2.81. The summed E-state index contributed by atoms with van der Waals surface area (Å²) in [5.74, 6) is 0.131. The summed E-state index contributed by atoms with van der Waals surface area (Å²) < 4.78 is 12.1. The molecule has 0 unspecified atom stereocenters. The molecule has 0 aromatic rings. The van der Waals surface area contributed by atoms with Crippen molar-refractivity contribution in [3.8, 4) is 0 Å². The topological polar surface area (TPSA) is 81.9 Å². The second-order valence-electron chi connectivity index (χ2n) is 10.7. The van der Waals surface area contributed by atoms with Gasteiger partial charge in [-0.1, -0.05) is 46.0 Å². The smallest absolute Gasteiger partial charge is 0.412 e. The van der Waals surface area contributed by atoms with E-state index in [1.54, 1.807) is 4.90 Å². The maximum absolute atomic E-state index is 13.2. The summed E-state index contributed by atoms with van der Waals surface area (Å²) in [5, 5.41) is 0. The van der Waals surface area contributed by atoms with Crippen molar-refractivity contribution in [1.82, 2.24) is 4.90 Å². The summed E-state index contributed by atoms with van der Waals surface area (Å²) in [7, 11) is 0. The zero-order valence-electron chi connectivity index (χ0n) is 19.5. The molecule has 1 heterocycles. The van der Waals surface area contributed by atoms with Crippen LogP contribution >= 0.6 is 0 Å². The second kappa shape index (κ2) is 9.23. The van der Waals surface area contributed by atoms with E-state index < -0.39 is 11.3 Å². The van der Waals surface area contributed by atoms with E-state index in [0.717, 1.165) is 6.42 Å². The molecule has 0 bridgehead atoms. The number of rotatable bonds is 6. The summed E-state index contributed by atoms with van der Waals surface area (Å²) in [6.45, 7) is 13.5. The summed E-state index contributed by atoms with van der Waals surface area (Å²) in [6, 6.07) is -0.108. The van der Waals surface area contributed by atoms with E-state index >= 15 is 0 Å². The van der Waals surface area contributed by atoms with Crippen LogP contribution in [0.4, 0.5) is 4.79 Å². The molecule has 29 heavy (non-hydrogen) atoms. The SMILES string of the molecule is CC(C)[C@H](C[C@@H]1OC(C)(C)N(C(=O)OC(C)(C)C)[C@H]1CC1CCCCC1)C(N)=O. The van der Waals surface area contributed by atoms with Gasteiger partial charge in [0.1, 0.15) is 11.3 Å². The van der Waals surface area contributed by atoms with Crippen molar-refractivity contribution in [2.24, 2.45) is 23.5 Å². The molecule has 1 aliphatic carbocycles. The summed E-state index contributed by atoms with van der Waals surface area (Å²) >= 11 is 0. The highest BCUT2D eigenvalue weighted by atomic mass is 16.6. The van der Waals surface area contributed by atoms with Crippen LogP contribution in [0.3, 0.4) is 0 Å². The Balaban J connectivity index is 2.30. The van der Waals surface area contributed by atoms with E-state index in [1.165, 1.54) is 32.1 Å². The fourth-order valence-corrected chi connectivity index (χ4v) is 4.93. The van der Waals surface area contributed by atoms with Crippen LogP contribution in [-0.4, -0.2) is 40.4 Å². The van der Waals surface area contributed by atoms with Gasteiger partial charge in [0, 0.05) is 5.92 Å². The van der Waals surface area contributed by atoms with E-state index in [0.29, 0.717) is 12.3 Å². The fraction of sp³-hybridized carbons (Fsp3) is 0.913. The molecule has 1 aliphatic heterocycles. The minimum Gasteiger partial charge on any atom is -0.444 e. The second-order valence-corrected chi connectivity index (χ2v) is 10.7. The third kappa shape index (κ3) is 6.34. The fourth-order valence-electron chi connectivity index (χ4n) is 4.93. The van der Waals surface area contributed by atoms with Crippen molar-refractivity contribution in [2.45, 2.75) is 117 Å². The lowest BCUT2D eigenvalue weighted by Crippen LogP contribution is -2.51. The van der Waals surface area contributed by atoms with Gasteiger partial charge in [-0.05, 0) is 59.3 Å². The molecule has 3 atom stereocenters. The number of carbonyl (C=O) groups excluding carboxylic acids is 2. The first-order valence-electron chi connectivity index (χ1n) is 11.3. The molecular formula is C23H42N2O4. The van der Waals surface area contributed by atoms with Gasteiger partial charge in [-0.25, -0.2) is 4.79 Å². The van der Waals surface area contributed by atoms with Gasteiger partial charge in [0.05, 0.1) is 12.1 Å². The molecule has 168 valence electrons. The zero-order chi connectivity index (χ0) is 22.0. The number of hydrogen-bond donors (Lipinski definition) is 1. The normalized spacial score (nSPS) is 26.6. The summed E-state index contributed by atoms with van der Waals surface area (Å²) in [6.07, 6.45) is 7.02. The number of amides is 2. The highest BCUT2D eigenvalue weighted by molar-refractivity contribution is 5.77. The van der Waals surface area contributed by atoms with E-state index in [1.807, 2.05) is 48.5 Å². The molecule has 0 radical (unpaired) electrons. The Morgan fingerprint density at radius 3 is 2.24 bits per heavy atom. The van der Waals surface area contributed by atoms with Crippen molar-refractivity contribution in [3.63, 3.8) is 0 Å². The quantitative estimate of drug-likeness (QED) is 0.679. The Labute approximate surface area is 176 Å². The molecule has 6 heteroatoms. The maximum atomic E-state index is 13.2. The predicted octanol–water partition coefficient (Wildman–Crippen LogP) is 4.85. The van der Waals surface area contributed by atoms with Crippen LogP contribution in [0.1, 0.15) is 93.4 Å². The van der Waals surface area contributed by atoms with Crippen LogP contribution in [-0.2, 0) is 14.3 Å². The lowest BCUT2D eigenvalue weighted by atomic mass is 9.81. The minimum absolute atomic E-state index is 0.108. The molecule has 0 aromatic carbocycles. The number of ether oxygens (including phenoxy) is 2. The largest absolute Gasteiger partial charge is 0.444 e. The summed E-state index contributed by atoms with van der Waals surface area (Å²) in [4.78, 5) is 27.0. The number of hydrogen-bond acceptors (Lipinski definition) is 4. The molecule has 2 N–H and O–H groups in total. The van der Waals surface area contributed by atoms with Crippen molar-refractivity contribution in [2.75, 3.05) is 0 Å². The Morgan fingerprint density at radius 1 is 1.17 bits per heavy atom. The Kier molecular flexibility index (Phi) is 7.63. The molecule has 2 rings (SSSR count). The molecule has 2 amide bonds. The van der Waals surface area contributed by atoms with Crippen molar-refractivity contribution in [1.29, 1.82) is 0 Å². The van der Waals surface area contributed by atoms with Crippen LogP contribution < -0.4 is 5.73 Å². The first kappa shape index (κ1) is 24.0. The highest BCUT2D eigenvalue weighted by Crippen LogP contribution is 2.41. The van der Waals surface area contributed by atoms with Crippen LogP contribution in [0.5, 0.6) is 0 Å². The van der Waals surface area contributed by atoms with Gasteiger partial charge in [0.15, 0.2) is 0 Å². The van der Waals surface area contributed by atoms with Crippen molar-refractivity contribution < 1.29 is 19.1 Å². The number of nitrogens with two attached hydrogens (primary N) is 1. The third-order valence-corrected chi connectivity index (χ3v) is 6.33. The first-order chi connectivity index (χ1) is 13.3. The lowest BCUT2D eigenvalue weighted by molar-refractivity contribution is -0.126. The van der Waals surface area contributed by atoms with E-state index in [4.69, 9.17) is 15.2 Å². The van der Waals surface area contributed by atoms with Gasteiger partial charge in [-0.2, -0.15) is 0 Å². The number of primary amides is 1. The molecule has 0 aromatic heterocycles. The van der Waals surface area contributed by atoms with Gasteiger partial charge in [-0.15, -0.1) is 0 Å². The molecule has 1 saturated carbocycles.